The minimum absolute atomic E-state index is 0.00263. The van der Waals surface area contributed by atoms with E-state index in [1.54, 1.807) is 18.6 Å². The van der Waals surface area contributed by atoms with Crippen LogP contribution in [0.4, 0.5) is 4.79 Å². The fourth-order valence-electron chi connectivity index (χ4n) is 2.65. The highest BCUT2D eigenvalue weighted by Crippen LogP contribution is 2.08. The lowest BCUT2D eigenvalue weighted by atomic mass is 10.2. The lowest BCUT2D eigenvalue weighted by Gasteiger charge is -2.34. The van der Waals surface area contributed by atoms with Crippen LogP contribution < -0.4 is 5.32 Å². The van der Waals surface area contributed by atoms with Gasteiger partial charge in [-0.2, -0.15) is 0 Å². The minimum atomic E-state index is 0.00263. The van der Waals surface area contributed by atoms with E-state index >= 15 is 0 Å². The summed E-state index contributed by atoms with van der Waals surface area (Å²) in [5.74, 6) is 0. The predicted octanol–water partition coefficient (Wildman–Crippen LogP) is 1.50. The fourth-order valence-corrected chi connectivity index (χ4v) is 2.65. The van der Waals surface area contributed by atoms with Crippen molar-refractivity contribution in [2.24, 2.45) is 0 Å². The minimum Gasteiger partial charge on any atom is -0.334 e. The lowest BCUT2D eigenvalue weighted by molar-refractivity contribution is 0.135. The number of carbonyl (C=O) groups is 1. The predicted molar refractivity (Wildman–Crippen MR) is 87.6 cm³/mol. The Labute approximate surface area is 136 Å². The molecule has 3 heterocycles. The number of hydrogen-bond acceptors (Lipinski definition) is 4. The Morgan fingerprint density at radius 1 is 1.00 bits per heavy atom. The Balaban J connectivity index is 1.42. The molecule has 0 aromatic carbocycles. The van der Waals surface area contributed by atoms with Crippen molar-refractivity contribution in [3.8, 4) is 0 Å². The number of hydrogen-bond donors (Lipinski definition) is 1. The van der Waals surface area contributed by atoms with Gasteiger partial charge in [0.15, 0.2) is 0 Å². The summed E-state index contributed by atoms with van der Waals surface area (Å²) >= 11 is 0. The highest BCUT2D eigenvalue weighted by molar-refractivity contribution is 5.74. The van der Waals surface area contributed by atoms with E-state index < -0.39 is 0 Å². The Kier molecular flexibility index (Phi) is 5.16. The number of aromatic nitrogens is 2. The van der Waals surface area contributed by atoms with Crippen LogP contribution in [0.1, 0.15) is 11.1 Å². The summed E-state index contributed by atoms with van der Waals surface area (Å²) < 4.78 is 0. The third-order valence-corrected chi connectivity index (χ3v) is 3.98. The number of carbonyl (C=O) groups excluding carboxylic acids is 1. The highest BCUT2D eigenvalue weighted by atomic mass is 16.2. The molecular formula is C17H21N5O. The monoisotopic (exact) mass is 311 g/mol. The average Bonchev–Trinajstić information content (AvgIpc) is 2.62. The number of rotatable bonds is 4. The second-order valence-corrected chi connectivity index (χ2v) is 5.64. The maximum absolute atomic E-state index is 12.2. The van der Waals surface area contributed by atoms with Gasteiger partial charge in [0.25, 0.3) is 0 Å². The van der Waals surface area contributed by atoms with E-state index in [0.29, 0.717) is 6.54 Å². The lowest BCUT2D eigenvalue weighted by Crippen LogP contribution is -2.51. The molecule has 1 N–H and O–H groups in total. The quantitative estimate of drug-likeness (QED) is 0.929. The van der Waals surface area contributed by atoms with Crippen molar-refractivity contribution in [3.63, 3.8) is 0 Å². The largest absolute Gasteiger partial charge is 0.334 e. The molecule has 6 heteroatoms. The first-order valence-electron chi connectivity index (χ1n) is 7.84. The molecule has 0 bridgehead atoms. The number of piperazine rings is 1. The summed E-state index contributed by atoms with van der Waals surface area (Å²) in [6.45, 7) is 4.71. The van der Waals surface area contributed by atoms with E-state index in [-0.39, 0.29) is 6.03 Å². The SMILES string of the molecule is O=C(NCc1ccncc1)N1CCN(Cc2cccnc2)CC1. The zero-order valence-electron chi connectivity index (χ0n) is 13.1. The molecule has 1 aliphatic heterocycles. The van der Waals surface area contributed by atoms with Gasteiger partial charge in [-0.1, -0.05) is 6.07 Å². The second kappa shape index (κ2) is 7.69. The third kappa shape index (κ3) is 4.50. The van der Waals surface area contributed by atoms with Gasteiger partial charge in [-0.15, -0.1) is 0 Å². The highest BCUT2D eigenvalue weighted by Gasteiger charge is 2.20. The van der Waals surface area contributed by atoms with Crippen molar-refractivity contribution in [1.29, 1.82) is 0 Å². The van der Waals surface area contributed by atoms with Crippen LogP contribution in [0.15, 0.2) is 49.1 Å². The van der Waals surface area contributed by atoms with Crippen molar-refractivity contribution in [2.75, 3.05) is 26.2 Å². The summed E-state index contributed by atoms with van der Waals surface area (Å²) in [7, 11) is 0. The number of amides is 2. The summed E-state index contributed by atoms with van der Waals surface area (Å²) in [6.07, 6.45) is 7.15. The number of urea groups is 1. The molecule has 6 nitrogen and oxygen atoms in total. The third-order valence-electron chi connectivity index (χ3n) is 3.98. The number of pyridine rings is 2. The molecule has 0 atom stereocenters. The Hall–Kier alpha value is -2.47. The van der Waals surface area contributed by atoms with Crippen LogP contribution in [0, 0.1) is 0 Å². The summed E-state index contributed by atoms with van der Waals surface area (Å²) in [6, 6.07) is 7.86. The van der Waals surface area contributed by atoms with Gasteiger partial charge in [0.2, 0.25) is 0 Å². The molecule has 120 valence electrons. The number of nitrogens with one attached hydrogen (secondary N) is 1. The van der Waals surface area contributed by atoms with Crippen LogP contribution in [0.3, 0.4) is 0 Å². The molecule has 0 unspecified atom stereocenters. The van der Waals surface area contributed by atoms with Crippen molar-refractivity contribution in [3.05, 3.63) is 60.2 Å². The normalized spacial score (nSPS) is 15.4. The molecule has 2 aromatic heterocycles. The van der Waals surface area contributed by atoms with Gasteiger partial charge in [-0.25, -0.2) is 4.79 Å². The van der Waals surface area contributed by atoms with Gasteiger partial charge in [0, 0.05) is 64.1 Å². The van der Waals surface area contributed by atoms with Crippen LogP contribution >= 0.6 is 0 Å². The molecule has 0 aliphatic carbocycles. The Morgan fingerprint density at radius 3 is 2.48 bits per heavy atom. The van der Waals surface area contributed by atoms with E-state index in [1.807, 2.05) is 29.3 Å². The zero-order valence-corrected chi connectivity index (χ0v) is 13.1. The van der Waals surface area contributed by atoms with Gasteiger partial charge in [-0.3, -0.25) is 14.9 Å². The first-order chi connectivity index (χ1) is 11.3. The van der Waals surface area contributed by atoms with Gasteiger partial charge in [-0.05, 0) is 29.3 Å². The Morgan fingerprint density at radius 2 is 1.78 bits per heavy atom. The number of nitrogens with zero attached hydrogens (tertiary/aromatic N) is 4. The van der Waals surface area contributed by atoms with Gasteiger partial charge < -0.3 is 10.2 Å². The van der Waals surface area contributed by atoms with Crippen LogP contribution in [0.2, 0.25) is 0 Å². The first-order valence-corrected chi connectivity index (χ1v) is 7.84. The van der Waals surface area contributed by atoms with Crippen molar-refractivity contribution >= 4 is 6.03 Å². The van der Waals surface area contributed by atoms with Crippen LogP contribution in [0.25, 0.3) is 0 Å². The summed E-state index contributed by atoms with van der Waals surface area (Å²) in [5.41, 5.74) is 2.27. The molecule has 1 saturated heterocycles. The average molecular weight is 311 g/mol. The molecule has 23 heavy (non-hydrogen) atoms. The van der Waals surface area contributed by atoms with E-state index in [9.17, 15) is 4.79 Å². The molecule has 2 aromatic rings. The molecule has 0 radical (unpaired) electrons. The maximum Gasteiger partial charge on any atom is 0.317 e. The molecule has 0 saturated carbocycles. The molecule has 0 spiro atoms. The molecule has 1 aliphatic rings. The van der Waals surface area contributed by atoms with E-state index in [0.717, 1.165) is 38.3 Å². The smallest absolute Gasteiger partial charge is 0.317 e. The standard InChI is InChI=1S/C17H21N5O/c23-17(20-13-15-3-6-18-7-4-15)22-10-8-21(9-11-22)14-16-2-1-5-19-12-16/h1-7,12H,8-11,13-14H2,(H,20,23). The van der Waals surface area contributed by atoms with Crippen LogP contribution in [-0.4, -0.2) is 52.0 Å². The van der Waals surface area contributed by atoms with Crippen molar-refractivity contribution < 1.29 is 4.79 Å². The van der Waals surface area contributed by atoms with Gasteiger partial charge in [0.1, 0.15) is 0 Å². The van der Waals surface area contributed by atoms with E-state index in [1.165, 1.54) is 5.56 Å². The topological polar surface area (TPSA) is 61.4 Å². The van der Waals surface area contributed by atoms with Gasteiger partial charge >= 0.3 is 6.03 Å². The van der Waals surface area contributed by atoms with E-state index in [4.69, 9.17) is 0 Å². The van der Waals surface area contributed by atoms with Crippen molar-refractivity contribution in [1.82, 2.24) is 25.1 Å². The molecular weight excluding hydrogens is 290 g/mol. The van der Waals surface area contributed by atoms with Crippen molar-refractivity contribution in [2.45, 2.75) is 13.1 Å². The Bertz CT molecular complexity index is 611. The molecule has 1 fully saturated rings. The van der Waals surface area contributed by atoms with Gasteiger partial charge in [0.05, 0.1) is 0 Å². The first kappa shape index (κ1) is 15.4. The fraction of sp³-hybridized carbons (Fsp3) is 0.353. The molecule has 3 rings (SSSR count). The van der Waals surface area contributed by atoms with E-state index in [2.05, 4.69) is 26.3 Å². The summed E-state index contributed by atoms with van der Waals surface area (Å²) in [4.78, 5) is 24.5. The zero-order chi connectivity index (χ0) is 15.9. The second-order valence-electron chi connectivity index (χ2n) is 5.64. The van der Waals surface area contributed by atoms with Crippen LogP contribution in [0.5, 0.6) is 0 Å². The van der Waals surface area contributed by atoms with Crippen LogP contribution in [-0.2, 0) is 13.1 Å². The maximum atomic E-state index is 12.2. The molecule has 2 amide bonds. The summed E-state index contributed by atoms with van der Waals surface area (Å²) in [5, 5.41) is 2.96.